The molecule has 2 N–H and O–H groups in total. The second-order valence-corrected chi connectivity index (χ2v) is 3.20. The molecule has 0 aliphatic rings. The van der Waals surface area contributed by atoms with Crippen LogP contribution in [0.1, 0.15) is 0 Å². The van der Waals surface area contributed by atoms with Crippen molar-refractivity contribution in [2.45, 2.75) is 0 Å². The van der Waals surface area contributed by atoms with Gasteiger partial charge in [0.2, 0.25) is 0 Å². The number of nitrogens with zero attached hydrogens (tertiary/aromatic N) is 1. The van der Waals surface area contributed by atoms with Gasteiger partial charge in [-0.2, -0.15) is 0 Å². The highest BCUT2D eigenvalue weighted by atomic mass is 35.5. The number of alkyl halides is 1. The molecule has 0 saturated carbocycles. The van der Waals surface area contributed by atoms with E-state index in [9.17, 15) is 0 Å². The summed E-state index contributed by atoms with van der Waals surface area (Å²) in [6.45, 7) is 0. The van der Waals surface area contributed by atoms with E-state index in [1.807, 2.05) is 0 Å². The molecule has 1 rings (SSSR count). The predicted molar refractivity (Wildman–Crippen MR) is 60.0 cm³/mol. The summed E-state index contributed by atoms with van der Waals surface area (Å²) in [5.41, 5.74) is 6.08. The first kappa shape index (κ1) is 11.1. The Kier molecular flexibility index (Phi) is 4.04. The average molecular weight is 233 g/mol. The molecule has 0 bridgehead atoms. The van der Waals surface area contributed by atoms with Crippen molar-refractivity contribution in [3.05, 3.63) is 23.2 Å². The van der Waals surface area contributed by atoms with Gasteiger partial charge in [-0.25, -0.2) is 4.99 Å². The third kappa shape index (κ3) is 2.53. The molecular formula is C9H10Cl2N2O. The van der Waals surface area contributed by atoms with Gasteiger partial charge in [0, 0.05) is 0 Å². The van der Waals surface area contributed by atoms with E-state index in [0.29, 0.717) is 22.3 Å². The third-order valence-corrected chi connectivity index (χ3v) is 2.12. The van der Waals surface area contributed by atoms with Gasteiger partial charge in [0.25, 0.3) is 0 Å². The number of para-hydroxylation sites is 1. The van der Waals surface area contributed by atoms with Gasteiger partial charge in [-0.15, -0.1) is 11.6 Å². The lowest BCUT2D eigenvalue weighted by Crippen LogP contribution is -2.12. The van der Waals surface area contributed by atoms with Crippen LogP contribution in [0.3, 0.4) is 0 Å². The molecule has 1 aromatic carbocycles. The van der Waals surface area contributed by atoms with E-state index in [2.05, 4.69) is 4.99 Å². The van der Waals surface area contributed by atoms with Crippen LogP contribution in [0.5, 0.6) is 5.75 Å². The van der Waals surface area contributed by atoms with E-state index in [0.717, 1.165) is 0 Å². The Labute approximate surface area is 92.5 Å². The third-order valence-electron chi connectivity index (χ3n) is 1.55. The molecule has 0 heterocycles. The van der Waals surface area contributed by atoms with Crippen LogP contribution in [0.15, 0.2) is 23.2 Å². The van der Waals surface area contributed by atoms with Crippen LogP contribution in [0.25, 0.3) is 0 Å². The lowest BCUT2D eigenvalue weighted by molar-refractivity contribution is 0.416. The minimum absolute atomic E-state index is 0.176. The molecule has 1 aromatic rings. The zero-order chi connectivity index (χ0) is 10.6. The van der Waals surface area contributed by atoms with Crippen molar-refractivity contribution in [2.24, 2.45) is 10.7 Å². The lowest BCUT2D eigenvalue weighted by atomic mass is 10.3. The van der Waals surface area contributed by atoms with Gasteiger partial charge in [-0.05, 0) is 12.1 Å². The van der Waals surface area contributed by atoms with E-state index in [1.54, 1.807) is 18.2 Å². The normalized spacial score (nSPS) is 11.5. The highest BCUT2D eigenvalue weighted by molar-refractivity contribution is 6.32. The summed E-state index contributed by atoms with van der Waals surface area (Å²) in [5, 5.41) is 0.496. The highest BCUT2D eigenvalue weighted by Crippen LogP contribution is 2.34. The number of hydrogen-bond donors (Lipinski definition) is 1. The number of ether oxygens (including phenoxy) is 1. The van der Waals surface area contributed by atoms with Crippen molar-refractivity contribution in [1.29, 1.82) is 0 Å². The quantitative estimate of drug-likeness (QED) is 0.495. The number of rotatable bonds is 3. The Morgan fingerprint density at radius 2 is 2.29 bits per heavy atom. The van der Waals surface area contributed by atoms with Gasteiger partial charge in [0.15, 0.2) is 5.75 Å². The Hall–Kier alpha value is -0.930. The average Bonchev–Trinajstić information content (AvgIpc) is 2.18. The highest BCUT2D eigenvalue weighted by Gasteiger charge is 2.06. The van der Waals surface area contributed by atoms with E-state index in [-0.39, 0.29) is 5.88 Å². The maximum absolute atomic E-state index is 5.89. The molecule has 76 valence electrons. The fourth-order valence-electron chi connectivity index (χ4n) is 0.972. The van der Waals surface area contributed by atoms with Gasteiger partial charge in [0.05, 0.1) is 18.0 Å². The van der Waals surface area contributed by atoms with E-state index >= 15 is 0 Å². The Balaban J connectivity index is 3.14. The standard InChI is InChI=1S/C9H10Cl2N2O/c1-14-9-6(11)3-2-4-7(9)13-8(12)5-10/h2-4H,5H2,1H3,(H2,12,13). The molecule has 0 atom stereocenters. The Morgan fingerprint density at radius 3 is 2.86 bits per heavy atom. The summed E-state index contributed by atoms with van der Waals surface area (Å²) in [5.74, 6) is 1.00. The van der Waals surface area contributed by atoms with Crippen LogP contribution in [0, 0.1) is 0 Å². The largest absolute Gasteiger partial charge is 0.493 e. The Morgan fingerprint density at radius 1 is 1.57 bits per heavy atom. The second-order valence-electron chi connectivity index (χ2n) is 2.53. The molecular weight excluding hydrogens is 223 g/mol. The van der Waals surface area contributed by atoms with E-state index < -0.39 is 0 Å². The predicted octanol–water partition coefficient (Wildman–Crippen LogP) is 2.58. The zero-order valence-corrected chi connectivity index (χ0v) is 9.14. The van der Waals surface area contributed by atoms with Gasteiger partial charge in [-0.3, -0.25) is 0 Å². The smallest absolute Gasteiger partial charge is 0.163 e. The van der Waals surface area contributed by atoms with Crippen molar-refractivity contribution in [2.75, 3.05) is 13.0 Å². The molecule has 3 nitrogen and oxygen atoms in total. The number of halogens is 2. The first-order valence-electron chi connectivity index (χ1n) is 3.90. The first-order chi connectivity index (χ1) is 6.69. The number of methoxy groups -OCH3 is 1. The van der Waals surface area contributed by atoms with Crippen LogP contribution in [-0.4, -0.2) is 18.8 Å². The Bertz CT molecular complexity index is 353. The van der Waals surface area contributed by atoms with Gasteiger partial charge >= 0.3 is 0 Å². The molecule has 0 unspecified atom stereocenters. The molecule has 5 heteroatoms. The SMILES string of the molecule is COc1c(Cl)cccc1N=C(N)CCl. The van der Waals surface area contributed by atoms with E-state index in [1.165, 1.54) is 7.11 Å². The molecule has 0 spiro atoms. The van der Waals surface area contributed by atoms with Crippen LogP contribution in [-0.2, 0) is 0 Å². The fourth-order valence-corrected chi connectivity index (χ4v) is 1.28. The maximum atomic E-state index is 5.89. The number of hydrogen-bond acceptors (Lipinski definition) is 2. The molecule has 0 aromatic heterocycles. The van der Waals surface area contributed by atoms with Gasteiger partial charge in [0.1, 0.15) is 11.5 Å². The first-order valence-corrected chi connectivity index (χ1v) is 4.81. The number of benzene rings is 1. The van der Waals surface area contributed by atoms with Crippen LogP contribution in [0.4, 0.5) is 5.69 Å². The minimum Gasteiger partial charge on any atom is -0.493 e. The number of amidine groups is 1. The number of nitrogens with two attached hydrogens (primary N) is 1. The topological polar surface area (TPSA) is 47.6 Å². The van der Waals surface area contributed by atoms with Crippen LogP contribution < -0.4 is 10.5 Å². The van der Waals surface area contributed by atoms with Gasteiger partial charge < -0.3 is 10.5 Å². The molecule has 14 heavy (non-hydrogen) atoms. The lowest BCUT2D eigenvalue weighted by Gasteiger charge is -2.06. The van der Waals surface area contributed by atoms with Crippen molar-refractivity contribution < 1.29 is 4.74 Å². The summed E-state index contributed by atoms with van der Waals surface area (Å²) in [4.78, 5) is 4.06. The van der Waals surface area contributed by atoms with Crippen molar-refractivity contribution in [3.8, 4) is 5.75 Å². The minimum atomic E-state index is 0.176. The fraction of sp³-hybridized carbons (Fsp3) is 0.222. The van der Waals surface area contributed by atoms with Crippen molar-refractivity contribution >= 4 is 34.7 Å². The zero-order valence-electron chi connectivity index (χ0n) is 7.63. The molecule has 0 aliphatic carbocycles. The second kappa shape index (κ2) is 5.08. The summed E-state index contributed by atoms with van der Waals surface area (Å²) in [6, 6.07) is 5.24. The summed E-state index contributed by atoms with van der Waals surface area (Å²) in [7, 11) is 1.52. The molecule has 0 aliphatic heterocycles. The van der Waals surface area contributed by atoms with Crippen LogP contribution in [0.2, 0.25) is 5.02 Å². The van der Waals surface area contributed by atoms with Crippen LogP contribution >= 0.6 is 23.2 Å². The molecule has 0 saturated heterocycles. The monoisotopic (exact) mass is 232 g/mol. The molecule has 0 amide bonds. The maximum Gasteiger partial charge on any atom is 0.163 e. The van der Waals surface area contributed by atoms with E-state index in [4.69, 9.17) is 33.7 Å². The molecule has 0 fully saturated rings. The summed E-state index contributed by atoms with van der Waals surface area (Å²) >= 11 is 11.4. The van der Waals surface area contributed by atoms with Crippen molar-refractivity contribution in [1.82, 2.24) is 0 Å². The van der Waals surface area contributed by atoms with Crippen molar-refractivity contribution in [3.63, 3.8) is 0 Å². The molecule has 0 radical (unpaired) electrons. The van der Waals surface area contributed by atoms with Gasteiger partial charge in [-0.1, -0.05) is 17.7 Å². The summed E-state index contributed by atoms with van der Waals surface area (Å²) in [6.07, 6.45) is 0. The summed E-state index contributed by atoms with van der Waals surface area (Å²) < 4.78 is 5.08. The number of aliphatic imine (C=N–C) groups is 1.